The lowest BCUT2D eigenvalue weighted by atomic mass is 10.0. The van der Waals surface area contributed by atoms with Crippen LogP contribution < -0.4 is 0 Å². The summed E-state index contributed by atoms with van der Waals surface area (Å²) >= 11 is 0. The first kappa shape index (κ1) is 20.2. The molecule has 1 aliphatic rings. The molecule has 2 rings (SSSR count). The monoisotopic (exact) mass is 362 g/mol. The smallest absolute Gasteiger partial charge is 0.410 e. The second kappa shape index (κ2) is 8.54. The van der Waals surface area contributed by atoms with Crippen LogP contribution in [0.2, 0.25) is 0 Å². The number of ether oxygens (including phenoxy) is 1. The van der Waals surface area contributed by atoms with Gasteiger partial charge < -0.3 is 14.7 Å². The van der Waals surface area contributed by atoms with Crippen molar-refractivity contribution in [3.8, 4) is 0 Å². The minimum Gasteiger partial charge on any atom is -0.478 e. The van der Waals surface area contributed by atoms with Gasteiger partial charge in [-0.25, -0.2) is 9.59 Å². The summed E-state index contributed by atoms with van der Waals surface area (Å²) in [7, 11) is 0. The molecule has 1 N–H and O–H groups in total. The molecule has 1 aromatic rings. The number of benzene rings is 1. The fourth-order valence-corrected chi connectivity index (χ4v) is 3.19. The minimum absolute atomic E-state index is 0.246. The maximum Gasteiger partial charge on any atom is 0.410 e. The summed E-state index contributed by atoms with van der Waals surface area (Å²) in [6, 6.07) is 7.30. The van der Waals surface area contributed by atoms with Gasteiger partial charge >= 0.3 is 12.1 Å². The van der Waals surface area contributed by atoms with E-state index in [9.17, 15) is 9.59 Å². The number of carbonyl (C=O) groups excluding carboxylic acids is 1. The van der Waals surface area contributed by atoms with Gasteiger partial charge in [-0.1, -0.05) is 25.5 Å². The lowest BCUT2D eigenvalue weighted by Gasteiger charge is -2.41. The van der Waals surface area contributed by atoms with Crippen LogP contribution >= 0.6 is 0 Å². The second-order valence-electron chi connectivity index (χ2n) is 7.84. The highest BCUT2D eigenvalue weighted by Gasteiger charge is 2.31. The largest absolute Gasteiger partial charge is 0.478 e. The van der Waals surface area contributed by atoms with Crippen molar-refractivity contribution in [3.05, 3.63) is 35.4 Å². The Morgan fingerprint density at radius 1 is 1.19 bits per heavy atom. The first-order valence-corrected chi connectivity index (χ1v) is 9.24. The van der Waals surface area contributed by atoms with Crippen LogP contribution in [0.4, 0.5) is 4.79 Å². The SMILES string of the molecule is CCC[C@H]1CN(C(=O)OC(C)(C)C)CCN1Cc1ccc(C(=O)O)cc1. The predicted octanol–water partition coefficient (Wildman–Crippen LogP) is 3.61. The first-order chi connectivity index (χ1) is 12.2. The van der Waals surface area contributed by atoms with E-state index in [0.29, 0.717) is 18.7 Å². The van der Waals surface area contributed by atoms with Crippen LogP contribution in [0.1, 0.15) is 56.5 Å². The zero-order chi connectivity index (χ0) is 19.3. The maximum absolute atomic E-state index is 12.4. The number of aromatic carboxylic acids is 1. The molecular weight excluding hydrogens is 332 g/mol. The predicted molar refractivity (Wildman–Crippen MR) is 100 cm³/mol. The summed E-state index contributed by atoms with van der Waals surface area (Å²) in [4.78, 5) is 27.5. The van der Waals surface area contributed by atoms with Gasteiger partial charge in [-0.3, -0.25) is 4.90 Å². The highest BCUT2D eigenvalue weighted by Crippen LogP contribution is 2.20. The summed E-state index contributed by atoms with van der Waals surface area (Å²) in [6.07, 6.45) is 1.80. The van der Waals surface area contributed by atoms with Crippen LogP contribution in [0.5, 0.6) is 0 Å². The van der Waals surface area contributed by atoms with Crippen LogP contribution in [0.3, 0.4) is 0 Å². The van der Waals surface area contributed by atoms with Gasteiger partial charge in [0, 0.05) is 32.2 Å². The quantitative estimate of drug-likeness (QED) is 0.866. The third kappa shape index (κ3) is 5.73. The number of carbonyl (C=O) groups is 2. The number of carboxylic acids is 1. The van der Waals surface area contributed by atoms with Gasteiger partial charge in [0.05, 0.1) is 5.56 Å². The van der Waals surface area contributed by atoms with E-state index >= 15 is 0 Å². The van der Waals surface area contributed by atoms with Crippen LogP contribution in [-0.2, 0) is 11.3 Å². The number of amides is 1. The standard InChI is InChI=1S/C20H30N2O4/c1-5-6-17-14-22(19(25)26-20(2,3)4)12-11-21(17)13-15-7-9-16(10-8-15)18(23)24/h7-10,17H,5-6,11-14H2,1-4H3,(H,23,24)/t17-/m0/s1. The maximum atomic E-state index is 12.4. The van der Waals surface area contributed by atoms with Crippen LogP contribution in [0, 0.1) is 0 Å². The Labute approximate surface area is 155 Å². The van der Waals surface area contributed by atoms with Crippen molar-refractivity contribution < 1.29 is 19.4 Å². The van der Waals surface area contributed by atoms with Gasteiger partial charge in [-0.2, -0.15) is 0 Å². The molecule has 0 spiro atoms. The Bertz CT molecular complexity index is 622. The third-order valence-electron chi connectivity index (χ3n) is 4.46. The number of hydrogen-bond acceptors (Lipinski definition) is 4. The molecule has 1 saturated heterocycles. The number of rotatable bonds is 5. The van der Waals surface area contributed by atoms with Crippen LogP contribution in [0.25, 0.3) is 0 Å². The number of hydrogen-bond donors (Lipinski definition) is 1. The van der Waals surface area contributed by atoms with Crippen molar-refractivity contribution in [2.24, 2.45) is 0 Å². The van der Waals surface area contributed by atoms with E-state index in [2.05, 4.69) is 11.8 Å². The zero-order valence-electron chi connectivity index (χ0n) is 16.2. The van der Waals surface area contributed by atoms with E-state index < -0.39 is 11.6 Å². The van der Waals surface area contributed by atoms with Crippen molar-refractivity contribution >= 4 is 12.1 Å². The highest BCUT2D eigenvalue weighted by atomic mass is 16.6. The molecule has 0 aromatic heterocycles. The van der Waals surface area contributed by atoms with E-state index in [1.54, 1.807) is 17.0 Å². The molecule has 1 fully saturated rings. The Kier molecular flexibility index (Phi) is 6.64. The molecule has 1 aromatic carbocycles. The fourth-order valence-electron chi connectivity index (χ4n) is 3.19. The molecule has 0 aliphatic carbocycles. The summed E-state index contributed by atoms with van der Waals surface area (Å²) < 4.78 is 5.51. The first-order valence-electron chi connectivity index (χ1n) is 9.24. The van der Waals surface area contributed by atoms with Gasteiger partial charge in [-0.05, 0) is 44.9 Å². The van der Waals surface area contributed by atoms with Crippen LogP contribution in [-0.4, -0.2) is 58.2 Å². The van der Waals surface area contributed by atoms with Gasteiger partial charge in [0.2, 0.25) is 0 Å². The van der Waals surface area contributed by atoms with Crippen molar-refractivity contribution in [1.82, 2.24) is 9.80 Å². The fraction of sp³-hybridized carbons (Fsp3) is 0.600. The van der Waals surface area contributed by atoms with Crippen LogP contribution in [0.15, 0.2) is 24.3 Å². The normalized spacial score (nSPS) is 18.6. The topological polar surface area (TPSA) is 70.1 Å². The highest BCUT2D eigenvalue weighted by molar-refractivity contribution is 5.87. The zero-order valence-corrected chi connectivity index (χ0v) is 16.2. The Balaban J connectivity index is 2.01. The molecule has 0 bridgehead atoms. The molecule has 0 radical (unpaired) electrons. The van der Waals surface area contributed by atoms with E-state index in [4.69, 9.17) is 9.84 Å². The summed E-state index contributed by atoms with van der Waals surface area (Å²) in [5, 5.41) is 9.01. The lowest BCUT2D eigenvalue weighted by Crippen LogP contribution is -2.55. The number of carboxylic acid groups (broad SMARTS) is 1. The van der Waals surface area contributed by atoms with Gasteiger partial charge in [0.1, 0.15) is 5.60 Å². The number of nitrogens with zero attached hydrogens (tertiary/aromatic N) is 2. The van der Waals surface area contributed by atoms with Crippen molar-refractivity contribution in [3.63, 3.8) is 0 Å². The number of piperazine rings is 1. The molecule has 0 saturated carbocycles. The molecule has 6 heteroatoms. The third-order valence-corrected chi connectivity index (χ3v) is 4.46. The molecule has 1 atom stereocenters. The van der Waals surface area contributed by atoms with Crippen molar-refractivity contribution in [1.29, 1.82) is 0 Å². The Morgan fingerprint density at radius 2 is 1.85 bits per heavy atom. The van der Waals surface area contributed by atoms with E-state index in [-0.39, 0.29) is 12.1 Å². The van der Waals surface area contributed by atoms with Gasteiger partial charge in [0.25, 0.3) is 0 Å². The molecule has 144 valence electrons. The van der Waals surface area contributed by atoms with E-state index in [1.807, 2.05) is 32.9 Å². The molecule has 1 aliphatic heterocycles. The van der Waals surface area contributed by atoms with Crippen molar-refractivity contribution in [2.45, 2.75) is 58.7 Å². The van der Waals surface area contributed by atoms with E-state index in [0.717, 1.165) is 31.5 Å². The van der Waals surface area contributed by atoms with E-state index in [1.165, 1.54) is 0 Å². The summed E-state index contributed by atoms with van der Waals surface area (Å²) in [5.74, 6) is -0.911. The minimum atomic E-state index is -0.911. The van der Waals surface area contributed by atoms with Crippen molar-refractivity contribution in [2.75, 3.05) is 19.6 Å². The molecular formula is C20H30N2O4. The van der Waals surface area contributed by atoms with Gasteiger partial charge in [0.15, 0.2) is 0 Å². The molecule has 0 unspecified atom stereocenters. The lowest BCUT2D eigenvalue weighted by molar-refractivity contribution is 0.00120. The molecule has 6 nitrogen and oxygen atoms in total. The molecule has 26 heavy (non-hydrogen) atoms. The Hall–Kier alpha value is -2.08. The Morgan fingerprint density at radius 3 is 2.38 bits per heavy atom. The average Bonchev–Trinajstić information content (AvgIpc) is 2.55. The molecule has 1 amide bonds. The second-order valence-corrected chi connectivity index (χ2v) is 7.84. The average molecular weight is 362 g/mol. The summed E-state index contributed by atoms with van der Waals surface area (Å²) in [5.41, 5.74) is 0.899. The summed E-state index contributed by atoms with van der Waals surface area (Å²) in [6.45, 7) is 10.6. The molecule has 1 heterocycles. The van der Waals surface area contributed by atoms with Gasteiger partial charge in [-0.15, -0.1) is 0 Å².